The first kappa shape index (κ1) is 118. The summed E-state index contributed by atoms with van der Waals surface area (Å²) in [4.78, 5) is 70.5. The van der Waals surface area contributed by atoms with Gasteiger partial charge >= 0.3 is 61.5 Å². The summed E-state index contributed by atoms with van der Waals surface area (Å²) in [6.45, 7) is 39.1. The van der Waals surface area contributed by atoms with Crippen LogP contribution in [-0.2, 0) is 106 Å². The molecule has 0 aromatic rings. The van der Waals surface area contributed by atoms with Crippen molar-refractivity contribution in [3.05, 3.63) is 0 Å². The fourth-order valence-corrected chi connectivity index (χ4v) is 52.4. The Morgan fingerprint density at radius 1 is 0.281 bits per heavy atom. The number of hydrogen-bond donors (Lipinski definition) is 16. The summed E-state index contributed by atoms with van der Waals surface area (Å²) in [5, 5.41) is 154. The Kier molecular flexibility index (Phi) is 53.3. The van der Waals surface area contributed by atoms with Gasteiger partial charge in [0.25, 0.3) is 0 Å². The van der Waals surface area contributed by atoms with Crippen LogP contribution in [0, 0.1) is 0 Å². The number of carboxylic acid groups (broad SMARTS) is 3. The third-order valence-corrected chi connectivity index (χ3v) is 47.9. The summed E-state index contributed by atoms with van der Waals surface area (Å²) in [5.41, 5.74) is 0. The monoisotopic (exact) mass is 1820 g/mol. The van der Waals surface area contributed by atoms with Crippen LogP contribution in [-0.4, -0.2) is 374 Å². The van der Waals surface area contributed by atoms with E-state index in [1.807, 2.05) is 118 Å². The van der Waals surface area contributed by atoms with Crippen molar-refractivity contribution < 1.29 is 193 Å². The van der Waals surface area contributed by atoms with E-state index < -0.39 is 241 Å². The Morgan fingerprint density at radius 3 is 0.614 bits per heavy atom. The Hall–Kier alpha value is -2.35. The van der Waals surface area contributed by atoms with Crippen LogP contribution in [0.3, 0.4) is 0 Å². The van der Waals surface area contributed by atoms with Crippen LogP contribution >= 0.6 is 0 Å². The number of aliphatic hydroxyl groups is 13. The topological polar surface area (TPSA) is 615 Å². The van der Waals surface area contributed by atoms with Gasteiger partial charge in [-0.25, -0.2) is 0 Å². The number of carbonyl (C=O) groups excluding carboxylic acids is 3. The minimum absolute atomic E-state index is 0. The molecule has 20 atom stereocenters. The van der Waals surface area contributed by atoms with Gasteiger partial charge in [-0.15, -0.1) is 0 Å². The van der Waals surface area contributed by atoms with Gasteiger partial charge in [0.1, 0.15) is 117 Å². The lowest BCUT2D eigenvalue weighted by molar-refractivity contribution is -0.300. The first-order valence-electron chi connectivity index (χ1n) is 36.3. The molecule has 680 valence electrons. The summed E-state index contributed by atoms with van der Waals surface area (Å²) in [5.74, 6) is -4.41. The lowest BCUT2D eigenvalue weighted by Crippen LogP contribution is -2.59. The Labute approximate surface area is 680 Å². The second kappa shape index (κ2) is 51.5. The van der Waals surface area contributed by atoms with E-state index in [0.717, 1.165) is 0 Å². The summed E-state index contributed by atoms with van der Waals surface area (Å²) in [6.07, 6.45) is -26.0. The van der Waals surface area contributed by atoms with Crippen LogP contribution in [0.5, 0.6) is 0 Å². The molecule has 0 aromatic carbocycles. The van der Waals surface area contributed by atoms with Crippen molar-refractivity contribution in [3.8, 4) is 0 Å². The Bertz CT molecular complexity index is 2690. The molecule has 0 aromatic heterocycles. The maximum absolute atomic E-state index is 12.7. The summed E-state index contributed by atoms with van der Waals surface area (Å²) >= 11 is 0. The summed E-state index contributed by atoms with van der Waals surface area (Å²) in [6, 6.07) is -0.0821. The standard InChI is InChI=1S/C26H52O16Si3.C18H38O11Si3.C10H24O6Si3.C8H16O6.3CH4.H2O/c1-9-35-25-23(33)21(31)19(29)15(39-25)11-37-17(27)13-43(3,4)41-45(7,8)42-44(5,6)14-18(28)38-12-16-20(30)22(32)24(34)26(40-16)36-10-2;1-8-25-18-17(24)16(23)15(22)12(27-18)9-26-14(21)11-31(4,5)29-32(6,7)28-30(2,3)10-13(19)20;1-17(2,7-9(11)12)15-19(5,6)16-18(3,4)8-10(13)14;1-2-13-8-7(12)6(11)5(10)4(3-9)14-8;;;;/h15-16,19-26,29-34H,9-14H2,1-8H3;12,15-18,22-24H,8-11H2,1-7H3,(H,19,20);7-8H2,1-6H3,(H,11,12)(H,13,14);4-12H,2-3H2,1H3;3*1H4;1H2. The van der Waals surface area contributed by atoms with E-state index >= 15 is 0 Å². The van der Waals surface area contributed by atoms with Crippen LogP contribution in [0.15, 0.2) is 0 Å². The van der Waals surface area contributed by atoms with Gasteiger partial charge in [-0.1, -0.05) is 22.3 Å². The number of rotatable bonds is 39. The van der Waals surface area contributed by atoms with Gasteiger partial charge in [-0.2, -0.15) is 0 Å². The van der Waals surface area contributed by atoms with Crippen molar-refractivity contribution >= 4 is 111 Å². The van der Waals surface area contributed by atoms with Gasteiger partial charge in [-0.3, -0.25) is 28.8 Å². The van der Waals surface area contributed by atoms with Crippen molar-refractivity contribution in [2.75, 3.05) is 52.9 Å². The third kappa shape index (κ3) is 43.4. The maximum atomic E-state index is 12.7. The van der Waals surface area contributed by atoms with Crippen LogP contribution in [0.2, 0.25) is 154 Å². The minimum Gasteiger partial charge on any atom is -0.481 e. The zero-order valence-corrected chi connectivity index (χ0v) is 77.0. The molecule has 0 bridgehead atoms. The zero-order valence-electron chi connectivity index (χ0n) is 68.0. The molecule has 40 nitrogen and oxygen atoms in total. The smallest absolute Gasteiger partial charge is 0.311 e. The number of aliphatic carboxylic acids is 3. The van der Waals surface area contributed by atoms with Crippen LogP contribution in [0.1, 0.15) is 50.0 Å². The van der Waals surface area contributed by atoms with Crippen molar-refractivity contribution in [3.63, 3.8) is 0 Å². The molecule has 4 rings (SSSR count). The molecule has 4 heterocycles. The lowest BCUT2D eigenvalue weighted by Gasteiger charge is -2.40. The molecule has 114 heavy (non-hydrogen) atoms. The first-order valence-corrected chi connectivity index (χ1v) is 63.4. The van der Waals surface area contributed by atoms with Crippen molar-refractivity contribution in [1.82, 2.24) is 0 Å². The normalized spacial score (nSPS) is 28.3. The van der Waals surface area contributed by atoms with Gasteiger partial charge in [-0.05, 0) is 146 Å². The van der Waals surface area contributed by atoms with E-state index in [2.05, 4.69) is 0 Å². The maximum Gasteiger partial charge on any atom is 0.311 e. The number of carboxylic acids is 3. The van der Waals surface area contributed by atoms with E-state index in [9.17, 15) is 90.0 Å². The van der Waals surface area contributed by atoms with E-state index in [4.69, 9.17) is 97.2 Å². The zero-order chi connectivity index (χ0) is 85.4. The number of carbonyl (C=O) groups is 6. The Balaban J connectivity index is -0.000000763. The third-order valence-electron chi connectivity index (χ3n) is 16.0. The highest BCUT2D eigenvalue weighted by Gasteiger charge is 2.51. The largest absolute Gasteiger partial charge is 0.481 e. The van der Waals surface area contributed by atoms with Crippen LogP contribution in [0.4, 0.5) is 0 Å². The van der Waals surface area contributed by atoms with Crippen molar-refractivity contribution in [1.29, 1.82) is 0 Å². The van der Waals surface area contributed by atoms with E-state index in [1.165, 1.54) is 0 Å². The minimum atomic E-state index is -2.89. The molecule has 4 aliphatic rings. The predicted octanol–water partition coefficient (Wildman–Crippen LogP) is 0.717. The van der Waals surface area contributed by atoms with E-state index in [1.54, 1.807) is 27.7 Å². The molecule has 4 saturated heterocycles. The molecular formula is C65H144O40Si9. The van der Waals surface area contributed by atoms with Gasteiger partial charge in [0.2, 0.25) is 0 Å². The SMILES string of the molecule is C.C.C.CCOC1OC(CO)C(O)C(O)C1O.CCOC1OC(COC(=O)C[Si](C)(C)O[Si](C)(C)O[Si](C)(C)CC(=O)O)C(O)C(O)C1O.CCOC1OC(COC(=O)C[Si](C)(C)O[Si](C)(C)O[Si](C)(C)CC(=O)OCC2OC(OCC)C(O)C(O)C2O)C(O)C(O)C1O.C[Si](C)(CC(=O)O)O[Si](C)(C)O[Si](C)(C)CC(=O)O.O. The molecule has 0 spiro atoms. The average Bonchev–Trinajstić information content (AvgIpc) is 0.808. The second-order valence-electron chi connectivity index (χ2n) is 31.7. The highest BCUT2D eigenvalue weighted by molar-refractivity contribution is 6.91. The van der Waals surface area contributed by atoms with Crippen LogP contribution in [0.25, 0.3) is 0 Å². The van der Waals surface area contributed by atoms with E-state index in [-0.39, 0.29) is 104 Å². The number of aliphatic hydroxyl groups excluding tert-OH is 13. The van der Waals surface area contributed by atoms with Gasteiger partial charge < -0.3 is 164 Å². The molecule has 49 heteroatoms. The Morgan fingerprint density at radius 2 is 0.447 bits per heavy atom. The number of esters is 3. The molecule has 4 aliphatic heterocycles. The summed E-state index contributed by atoms with van der Waals surface area (Å²) in [7, 11) is -23.2. The van der Waals surface area contributed by atoms with Gasteiger partial charge in [0.05, 0.1) is 42.9 Å². The summed E-state index contributed by atoms with van der Waals surface area (Å²) < 4.78 is 95.1. The quantitative estimate of drug-likeness (QED) is 0.0229. The molecule has 18 N–H and O–H groups in total. The molecule has 4 fully saturated rings. The average molecular weight is 1820 g/mol. The number of ether oxygens (including phenoxy) is 11. The lowest BCUT2D eigenvalue weighted by atomic mass is 9.99. The fraction of sp³-hybridized carbons (Fsp3) is 0.908. The van der Waals surface area contributed by atoms with Gasteiger partial charge in [0.15, 0.2) is 75.1 Å². The van der Waals surface area contributed by atoms with Gasteiger partial charge in [0, 0.05) is 26.4 Å². The highest BCUT2D eigenvalue weighted by Crippen LogP contribution is 2.32. The first-order chi connectivity index (χ1) is 50.1. The van der Waals surface area contributed by atoms with Crippen molar-refractivity contribution in [2.45, 2.75) is 327 Å². The number of hydrogen-bond acceptors (Lipinski definition) is 36. The fourth-order valence-electron chi connectivity index (χ4n) is 12.5. The highest BCUT2D eigenvalue weighted by atomic mass is 28.5. The van der Waals surface area contributed by atoms with E-state index in [0.29, 0.717) is 6.61 Å². The van der Waals surface area contributed by atoms with Crippen LogP contribution < -0.4 is 0 Å². The van der Waals surface area contributed by atoms with Crippen molar-refractivity contribution in [2.24, 2.45) is 0 Å². The molecule has 0 amide bonds. The molecule has 0 saturated carbocycles. The molecular weight excluding hydrogens is 1670 g/mol. The molecule has 0 aliphatic carbocycles. The second-order valence-corrected chi connectivity index (χ2v) is 68.3. The molecule has 20 unspecified atom stereocenters. The predicted molar refractivity (Wildman–Crippen MR) is 433 cm³/mol. The molecule has 0 radical (unpaired) electrons.